The Labute approximate surface area is 81.4 Å². The molecule has 1 heterocycles. The van der Waals surface area contributed by atoms with Crippen LogP contribution in [0.4, 0.5) is 0 Å². The van der Waals surface area contributed by atoms with Crippen molar-refractivity contribution >= 4 is 16.9 Å². The van der Waals surface area contributed by atoms with Crippen molar-refractivity contribution in [2.75, 3.05) is 0 Å². The highest BCUT2D eigenvalue weighted by Crippen LogP contribution is 2.21. The molecule has 2 N–H and O–H groups in total. The Morgan fingerprint density at radius 3 is 2.93 bits per heavy atom. The molecule has 72 valence electrons. The number of carbonyl (C=O) groups is 1. The van der Waals surface area contributed by atoms with Crippen LogP contribution in [0.5, 0.6) is 0 Å². The van der Waals surface area contributed by atoms with Crippen LogP contribution in [-0.2, 0) is 11.2 Å². The van der Waals surface area contributed by atoms with E-state index in [1.165, 1.54) is 0 Å². The fourth-order valence-corrected chi connectivity index (χ4v) is 1.68. The number of benzene rings is 1. The van der Waals surface area contributed by atoms with E-state index < -0.39 is 5.97 Å². The first kappa shape index (κ1) is 8.81. The van der Waals surface area contributed by atoms with Gasteiger partial charge in [0, 0.05) is 17.1 Å². The van der Waals surface area contributed by atoms with E-state index in [-0.39, 0.29) is 6.42 Å². The summed E-state index contributed by atoms with van der Waals surface area (Å²) in [6, 6.07) is 5.73. The van der Waals surface area contributed by atoms with Crippen LogP contribution in [0.25, 0.3) is 10.9 Å². The Morgan fingerprint density at radius 2 is 2.21 bits per heavy atom. The summed E-state index contributed by atoms with van der Waals surface area (Å²) in [6.07, 6.45) is 1.91. The van der Waals surface area contributed by atoms with Crippen molar-refractivity contribution in [3.05, 3.63) is 35.5 Å². The Morgan fingerprint density at radius 1 is 1.43 bits per heavy atom. The van der Waals surface area contributed by atoms with Crippen molar-refractivity contribution in [1.82, 2.24) is 4.98 Å². The van der Waals surface area contributed by atoms with Gasteiger partial charge < -0.3 is 10.1 Å². The van der Waals surface area contributed by atoms with Crippen molar-refractivity contribution in [3.63, 3.8) is 0 Å². The second-order valence-corrected chi connectivity index (χ2v) is 3.38. The number of rotatable bonds is 2. The van der Waals surface area contributed by atoms with E-state index in [9.17, 15) is 4.79 Å². The molecule has 0 aliphatic rings. The van der Waals surface area contributed by atoms with Crippen molar-refractivity contribution in [1.29, 1.82) is 0 Å². The molecule has 0 aliphatic carbocycles. The highest BCUT2D eigenvalue weighted by atomic mass is 16.4. The molecule has 0 unspecified atom stereocenters. The lowest BCUT2D eigenvalue weighted by atomic mass is 10.0. The molecule has 1 aromatic carbocycles. The summed E-state index contributed by atoms with van der Waals surface area (Å²) in [4.78, 5) is 13.7. The number of aryl methyl sites for hydroxylation is 1. The van der Waals surface area contributed by atoms with E-state index in [0.717, 1.165) is 22.0 Å². The average Bonchev–Trinajstić information content (AvgIpc) is 2.58. The monoisotopic (exact) mass is 189 g/mol. The lowest BCUT2D eigenvalue weighted by Crippen LogP contribution is -2.00. The quantitative estimate of drug-likeness (QED) is 0.760. The summed E-state index contributed by atoms with van der Waals surface area (Å²) in [5.41, 5.74) is 3.03. The maximum absolute atomic E-state index is 10.6. The molecule has 14 heavy (non-hydrogen) atoms. The van der Waals surface area contributed by atoms with E-state index in [2.05, 4.69) is 4.98 Å². The number of carboxylic acids is 1. The molecular weight excluding hydrogens is 178 g/mol. The first-order valence-corrected chi connectivity index (χ1v) is 4.46. The Hall–Kier alpha value is -1.77. The molecule has 0 radical (unpaired) electrons. The molecule has 3 nitrogen and oxygen atoms in total. The number of nitrogens with one attached hydrogen (secondary N) is 1. The van der Waals surface area contributed by atoms with E-state index in [1.807, 2.05) is 31.3 Å². The number of carboxylic acid groups (broad SMARTS) is 1. The number of H-pyrrole nitrogens is 1. The molecule has 0 aliphatic heterocycles. The molecule has 0 amide bonds. The van der Waals surface area contributed by atoms with Crippen molar-refractivity contribution < 1.29 is 9.90 Å². The van der Waals surface area contributed by atoms with Gasteiger partial charge in [-0.1, -0.05) is 12.1 Å². The third-order valence-corrected chi connectivity index (χ3v) is 2.36. The minimum atomic E-state index is -0.795. The molecule has 0 spiro atoms. The molecule has 2 rings (SSSR count). The third-order valence-electron chi connectivity index (χ3n) is 2.36. The summed E-state index contributed by atoms with van der Waals surface area (Å²) in [5, 5.41) is 9.73. The first-order chi connectivity index (χ1) is 6.68. The van der Waals surface area contributed by atoms with Gasteiger partial charge in [-0.25, -0.2) is 0 Å². The van der Waals surface area contributed by atoms with Crippen LogP contribution in [0.3, 0.4) is 0 Å². The number of fused-ring (bicyclic) bond motifs is 1. The third kappa shape index (κ3) is 1.37. The maximum atomic E-state index is 10.6. The fraction of sp³-hybridized carbons (Fsp3) is 0.182. The standard InChI is InChI=1S/C11H11NO2/c1-7-2-3-8(6-10(13)14)9-4-5-12-11(7)9/h2-5,12H,6H2,1H3,(H,13,14). The number of aromatic nitrogens is 1. The minimum Gasteiger partial charge on any atom is -0.481 e. The number of aromatic amines is 1. The second-order valence-electron chi connectivity index (χ2n) is 3.38. The number of aliphatic carboxylic acids is 1. The Bertz CT molecular complexity index is 485. The van der Waals surface area contributed by atoms with Crippen LogP contribution >= 0.6 is 0 Å². The smallest absolute Gasteiger partial charge is 0.307 e. The van der Waals surface area contributed by atoms with Gasteiger partial charge in [0.15, 0.2) is 0 Å². The molecule has 0 saturated carbocycles. The van der Waals surface area contributed by atoms with E-state index >= 15 is 0 Å². The van der Waals surface area contributed by atoms with Gasteiger partial charge >= 0.3 is 5.97 Å². The van der Waals surface area contributed by atoms with Gasteiger partial charge in [0.2, 0.25) is 0 Å². The topological polar surface area (TPSA) is 53.1 Å². The van der Waals surface area contributed by atoms with Gasteiger partial charge in [0.05, 0.1) is 6.42 Å². The van der Waals surface area contributed by atoms with Crippen LogP contribution in [0.1, 0.15) is 11.1 Å². The van der Waals surface area contributed by atoms with Crippen LogP contribution in [0.2, 0.25) is 0 Å². The maximum Gasteiger partial charge on any atom is 0.307 e. The molecular formula is C11H11NO2. The van der Waals surface area contributed by atoms with Gasteiger partial charge in [-0.15, -0.1) is 0 Å². The predicted octanol–water partition coefficient (Wildman–Crippen LogP) is 2.10. The lowest BCUT2D eigenvalue weighted by Gasteiger charge is -2.02. The second kappa shape index (κ2) is 3.18. The van der Waals surface area contributed by atoms with Crippen molar-refractivity contribution in [2.24, 2.45) is 0 Å². The zero-order chi connectivity index (χ0) is 10.1. The SMILES string of the molecule is Cc1ccc(CC(=O)O)c2cc[nH]c12. The van der Waals surface area contributed by atoms with Gasteiger partial charge in [-0.05, 0) is 24.1 Å². The summed E-state index contributed by atoms with van der Waals surface area (Å²) in [7, 11) is 0. The summed E-state index contributed by atoms with van der Waals surface area (Å²) in [6.45, 7) is 2.00. The van der Waals surface area contributed by atoms with Crippen molar-refractivity contribution in [3.8, 4) is 0 Å². The Kier molecular flexibility index (Phi) is 2.00. The number of hydrogen-bond donors (Lipinski definition) is 2. The zero-order valence-electron chi connectivity index (χ0n) is 7.87. The van der Waals surface area contributed by atoms with Crippen LogP contribution in [-0.4, -0.2) is 16.1 Å². The van der Waals surface area contributed by atoms with Gasteiger partial charge in [0.1, 0.15) is 0 Å². The highest BCUT2D eigenvalue weighted by molar-refractivity contribution is 5.88. The fourth-order valence-electron chi connectivity index (χ4n) is 1.68. The highest BCUT2D eigenvalue weighted by Gasteiger charge is 2.07. The van der Waals surface area contributed by atoms with Crippen LogP contribution in [0.15, 0.2) is 24.4 Å². The largest absolute Gasteiger partial charge is 0.481 e. The van der Waals surface area contributed by atoms with E-state index in [1.54, 1.807) is 0 Å². The molecule has 1 aromatic heterocycles. The molecule has 3 heteroatoms. The first-order valence-electron chi connectivity index (χ1n) is 4.46. The predicted molar refractivity (Wildman–Crippen MR) is 54.4 cm³/mol. The average molecular weight is 189 g/mol. The summed E-state index contributed by atoms with van der Waals surface area (Å²) >= 11 is 0. The van der Waals surface area contributed by atoms with Gasteiger partial charge in [-0.3, -0.25) is 4.79 Å². The molecule has 0 saturated heterocycles. The lowest BCUT2D eigenvalue weighted by molar-refractivity contribution is -0.136. The van der Waals surface area contributed by atoms with Crippen LogP contribution in [0, 0.1) is 6.92 Å². The van der Waals surface area contributed by atoms with Crippen molar-refractivity contribution in [2.45, 2.75) is 13.3 Å². The van der Waals surface area contributed by atoms with Crippen LogP contribution < -0.4 is 0 Å². The summed E-state index contributed by atoms with van der Waals surface area (Å²) in [5.74, 6) is -0.795. The molecule has 0 fully saturated rings. The zero-order valence-corrected chi connectivity index (χ0v) is 7.87. The summed E-state index contributed by atoms with van der Waals surface area (Å²) < 4.78 is 0. The molecule has 0 atom stereocenters. The van der Waals surface area contributed by atoms with Gasteiger partial charge in [0.25, 0.3) is 0 Å². The normalized spacial score (nSPS) is 10.6. The number of hydrogen-bond acceptors (Lipinski definition) is 1. The minimum absolute atomic E-state index is 0.0780. The Balaban J connectivity index is 2.60. The molecule has 2 aromatic rings. The van der Waals surface area contributed by atoms with E-state index in [4.69, 9.17) is 5.11 Å². The molecule has 0 bridgehead atoms. The van der Waals surface area contributed by atoms with E-state index in [0.29, 0.717) is 0 Å². The van der Waals surface area contributed by atoms with Gasteiger partial charge in [-0.2, -0.15) is 0 Å².